The van der Waals surface area contributed by atoms with Gasteiger partial charge in [0.1, 0.15) is 0 Å². The van der Waals surface area contributed by atoms with Gasteiger partial charge in [0.15, 0.2) is 0 Å². The molecule has 0 aromatic heterocycles. The molecule has 1 heterocycles. The number of amides is 1. The lowest BCUT2D eigenvalue weighted by atomic mass is 10.1. The Morgan fingerprint density at radius 1 is 0.871 bits per heavy atom. The standard InChI is InChI=1S/C26H28ClN3O/c1-21-7-5-6-10-25(21)28-15-17-29(18-16-28)26(31)20-30(19-22-8-3-2-4-9-22)24-13-11-23(27)12-14-24/h2-14H,15-20H2,1H3. The van der Waals surface area contributed by atoms with Crippen molar-refractivity contribution >= 4 is 28.9 Å². The Labute approximate surface area is 189 Å². The topological polar surface area (TPSA) is 26.8 Å². The van der Waals surface area contributed by atoms with Crippen molar-refractivity contribution in [1.82, 2.24) is 4.90 Å². The minimum atomic E-state index is 0.162. The van der Waals surface area contributed by atoms with Gasteiger partial charge in [0.2, 0.25) is 5.91 Å². The Morgan fingerprint density at radius 3 is 2.19 bits per heavy atom. The summed E-state index contributed by atoms with van der Waals surface area (Å²) in [7, 11) is 0. The monoisotopic (exact) mass is 433 g/mol. The number of rotatable bonds is 6. The quantitative estimate of drug-likeness (QED) is 0.547. The highest BCUT2D eigenvalue weighted by Crippen LogP contribution is 2.23. The van der Waals surface area contributed by atoms with Gasteiger partial charge < -0.3 is 14.7 Å². The van der Waals surface area contributed by atoms with Crippen LogP contribution in [0.25, 0.3) is 0 Å². The summed E-state index contributed by atoms with van der Waals surface area (Å²) in [6.07, 6.45) is 0. The molecular formula is C26H28ClN3O. The van der Waals surface area contributed by atoms with Crippen LogP contribution in [0.15, 0.2) is 78.9 Å². The van der Waals surface area contributed by atoms with Gasteiger partial charge >= 0.3 is 0 Å². The van der Waals surface area contributed by atoms with E-state index in [9.17, 15) is 4.79 Å². The van der Waals surface area contributed by atoms with Crippen LogP contribution in [0.1, 0.15) is 11.1 Å². The molecular weight excluding hydrogens is 406 g/mol. The summed E-state index contributed by atoms with van der Waals surface area (Å²) in [6, 6.07) is 26.4. The zero-order valence-corrected chi connectivity index (χ0v) is 18.6. The second-order valence-electron chi connectivity index (χ2n) is 7.97. The normalized spacial score (nSPS) is 13.9. The Hall–Kier alpha value is -2.98. The zero-order valence-electron chi connectivity index (χ0n) is 17.9. The summed E-state index contributed by atoms with van der Waals surface area (Å²) in [5.74, 6) is 0.162. The molecule has 0 aliphatic carbocycles. The van der Waals surface area contributed by atoms with E-state index in [0.717, 1.165) is 31.9 Å². The fourth-order valence-electron chi connectivity index (χ4n) is 4.07. The number of carbonyl (C=O) groups excluding carboxylic acids is 1. The van der Waals surface area contributed by atoms with E-state index in [1.165, 1.54) is 16.8 Å². The van der Waals surface area contributed by atoms with Crippen LogP contribution in [0, 0.1) is 6.92 Å². The Balaban J connectivity index is 1.42. The van der Waals surface area contributed by atoms with E-state index in [1.807, 2.05) is 47.4 Å². The van der Waals surface area contributed by atoms with Crippen LogP contribution < -0.4 is 9.80 Å². The maximum absolute atomic E-state index is 13.2. The number of hydrogen-bond acceptors (Lipinski definition) is 3. The van der Waals surface area contributed by atoms with Crippen molar-refractivity contribution in [1.29, 1.82) is 0 Å². The van der Waals surface area contributed by atoms with Crippen LogP contribution in [-0.2, 0) is 11.3 Å². The molecule has 1 amide bonds. The van der Waals surface area contributed by atoms with E-state index in [4.69, 9.17) is 11.6 Å². The van der Waals surface area contributed by atoms with Gasteiger partial charge in [-0.15, -0.1) is 0 Å². The SMILES string of the molecule is Cc1ccccc1N1CCN(C(=O)CN(Cc2ccccc2)c2ccc(Cl)cc2)CC1. The summed E-state index contributed by atoms with van der Waals surface area (Å²) in [5.41, 5.74) is 4.72. The minimum absolute atomic E-state index is 0.162. The molecule has 0 radical (unpaired) electrons. The molecule has 1 saturated heterocycles. The summed E-state index contributed by atoms with van der Waals surface area (Å²) in [5, 5.41) is 0.696. The molecule has 0 bridgehead atoms. The molecule has 5 heteroatoms. The van der Waals surface area contributed by atoms with Gasteiger partial charge in [0, 0.05) is 49.1 Å². The Kier molecular flexibility index (Phi) is 6.78. The van der Waals surface area contributed by atoms with Crippen molar-refractivity contribution in [2.45, 2.75) is 13.5 Å². The van der Waals surface area contributed by atoms with E-state index < -0.39 is 0 Å². The molecule has 0 atom stereocenters. The van der Waals surface area contributed by atoms with Crippen molar-refractivity contribution in [3.05, 3.63) is 95.0 Å². The maximum atomic E-state index is 13.2. The number of carbonyl (C=O) groups is 1. The van der Waals surface area contributed by atoms with Crippen LogP contribution in [-0.4, -0.2) is 43.5 Å². The van der Waals surface area contributed by atoms with Crippen LogP contribution in [0.3, 0.4) is 0 Å². The van der Waals surface area contributed by atoms with Gasteiger partial charge in [-0.3, -0.25) is 4.79 Å². The highest BCUT2D eigenvalue weighted by atomic mass is 35.5. The Morgan fingerprint density at radius 2 is 1.52 bits per heavy atom. The lowest BCUT2D eigenvalue weighted by molar-refractivity contribution is -0.130. The van der Waals surface area contributed by atoms with Crippen molar-refractivity contribution in [2.75, 3.05) is 42.5 Å². The molecule has 31 heavy (non-hydrogen) atoms. The molecule has 1 fully saturated rings. The summed E-state index contributed by atoms with van der Waals surface area (Å²) in [6.45, 7) is 6.37. The molecule has 160 valence electrons. The van der Waals surface area contributed by atoms with Gasteiger partial charge in [0.05, 0.1) is 6.54 Å². The number of piperazine rings is 1. The third-order valence-corrected chi connectivity index (χ3v) is 6.07. The third kappa shape index (κ3) is 5.39. The number of anilines is 2. The van der Waals surface area contributed by atoms with Gasteiger partial charge in [-0.1, -0.05) is 60.1 Å². The molecule has 0 spiro atoms. The predicted molar refractivity (Wildman–Crippen MR) is 129 cm³/mol. The molecule has 0 unspecified atom stereocenters. The molecule has 3 aromatic rings. The van der Waals surface area contributed by atoms with Crippen LogP contribution in [0.2, 0.25) is 5.02 Å². The van der Waals surface area contributed by atoms with E-state index in [2.05, 4.69) is 53.1 Å². The number of halogens is 1. The second kappa shape index (κ2) is 9.88. The predicted octanol–water partition coefficient (Wildman–Crippen LogP) is 5.00. The lowest BCUT2D eigenvalue weighted by Crippen LogP contribution is -2.51. The lowest BCUT2D eigenvalue weighted by Gasteiger charge is -2.38. The summed E-state index contributed by atoms with van der Waals surface area (Å²) < 4.78 is 0. The van der Waals surface area contributed by atoms with Crippen molar-refractivity contribution in [3.8, 4) is 0 Å². The summed E-state index contributed by atoms with van der Waals surface area (Å²) in [4.78, 5) is 19.7. The highest BCUT2D eigenvalue weighted by Gasteiger charge is 2.23. The Bertz CT molecular complexity index is 999. The molecule has 4 rings (SSSR count). The maximum Gasteiger partial charge on any atom is 0.242 e. The highest BCUT2D eigenvalue weighted by molar-refractivity contribution is 6.30. The number of nitrogens with zero attached hydrogens (tertiary/aromatic N) is 3. The average molecular weight is 434 g/mol. The summed E-state index contributed by atoms with van der Waals surface area (Å²) >= 11 is 6.08. The molecule has 1 aliphatic rings. The number of aryl methyl sites for hydroxylation is 1. The largest absolute Gasteiger partial charge is 0.368 e. The van der Waals surface area contributed by atoms with Crippen molar-refractivity contribution < 1.29 is 4.79 Å². The third-order valence-electron chi connectivity index (χ3n) is 5.82. The average Bonchev–Trinajstić information content (AvgIpc) is 2.80. The van der Waals surface area contributed by atoms with E-state index in [0.29, 0.717) is 18.1 Å². The van der Waals surface area contributed by atoms with Crippen LogP contribution in [0.4, 0.5) is 11.4 Å². The van der Waals surface area contributed by atoms with Crippen LogP contribution in [0.5, 0.6) is 0 Å². The van der Waals surface area contributed by atoms with Gasteiger partial charge in [0.25, 0.3) is 0 Å². The van der Waals surface area contributed by atoms with E-state index in [-0.39, 0.29) is 5.91 Å². The number of hydrogen-bond donors (Lipinski definition) is 0. The van der Waals surface area contributed by atoms with Gasteiger partial charge in [-0.25, -0.2) is 0 Å². The minimum Gasteiger partial charge on any atom is -0.368 e. The molecule has 4 nitrogen and oxygen atoms in total. The molecule has 1 aliphatic heterocycles. The first-order valence-corrected chi connectivity index (χ1v) is 11.1. The fraction of sp³-hybridized carbons (Fsp3) is 0.269. The van der Waals surface area contributed by atoms with Crippen LogP contribution >= 0.6 is 11.6 Å². The second-order valence-corrected chi connectivity index (χ2v) is 8.41. The fourth-order valence-corrected chi connectivity index (χ4v) is 4.20. The van der Waals surface area contributed by atoms with Gasteiger partial charge in [-0.2, -0.15) is 0 Å². The first-order valence-electron chi connectivity index (χ1n) is 10.7. The van der Waals surface area contributed by atoms with Crippen molar-refractivity contribution in [3.63, 3.8) is 0 Å². The molecule has 3 aromatic carbocycles. The first-order chi connectivity index (χ1) is 15.1. The molecule has 0 saturated carbocycles. The zero-order chi connectivity index (χ0) is 21.6. The first kappa shape index (κ1) is 21.3. The van der Waals surface area contributed by atoms with E-state index in [1.54, 1.807) is 0 Å². The smallest absolute Gasteiger partial charge is 0.242 e. The number of para-hydroxylation sites is 1. The van der Waals surface area contributed by atoms with Gasteiger partial charge in [-0.05, 0) is 48.4 Å². The van der Waals surface area contributed by atoms with Crippen molar-refractivity contribution in [2.24, 2.45) is 0 Å². The molecule has 0 N–H and O–H groups in total. The number of benzene rings is 3. The van der Waals surface area contributed by atoms with E-state index >= 15 is 0 Å².